The maximum atomic E-state index is 14.0. The molecule has 0 N–H and O–H groups in total. The maximum Gasteiger partial charge on any atom is 0.418 e. The second kappa shape index (κ2) is 7.63. The number of hydrogen-bond donors (Lipinski definition) is 0. The third-order valence-corrected chi connectivity index (χ3v) is 4.97. The number of alkyl halides is 3. The van der Waals surface area contributed by atoms with Crippen LogP contribution < -0.4 is 0 Å². The second-order valence-electron chi connectivity index (χ2n) is 7.11. The first-order valence-electron chi connectivity index (χ1n) is 9.40. The normalized spacial score (nSPS) is 11.6. The van der Waals surface area contributed by atoms with Gasteiger partial charge in [0.1, 0.15) is 0 Å². The molecule has 0 aliphatic carbocycles. The van der Waals surface area contributed by atoms with Gasteiger partial charge in [0, 0.05) is 18.3 Å². The molecule has 1 heterocycles. The molecule has 1 aromatic heterocycles. The van der Waals surface area contributed by atoms with E-state index in [-0.39, 0.29) is 5.56 Å². The van der Waals surface area contributed by atoms with Crippen molar-refractivity contribution < 1.29 is 13.2 Å². The number of nitrogens with zero attached hydrogens (tertiary/aromatic N) is 1. The number of rotatable bonds is 4. The van der Waals surface area contributed by atoms with E-state index in [4.69, 9.17) is 0 Å². The molecular formula is C25H20F3N. The molecule has 0 unspecified atom stereocenters. The molecule has 4 aromatic rings. The van der Waals surface area contributed by atoms with Gasteiger partial charge in [0.05, 0.1) is 11.3 Å². The summed E-state index contributed by atoms with van der Waals surface area (Å²) in [6.07, 6.45) is -3.21. The molecule has 1 nitrogen and oxygen atoms in total. The molecule has 0 spiro atoms. The van der Waals surface area contributed by atoms with Crippen molar-refractivity contribution in [2.45, 2.75) is 19.6 Å². The van der Waals surface area contributed by atoms with Crippen LogP contribution >= 0.6 is 0 Å². The topological polar surface area (TPSA) is 4.93 Å². The Morgan fingerprint density at radius 1 is 0.724 bits per heavy atom. The molecule has 0 radical (unpaired) electrons. The summed E-state index contributed by atoms with van der Waals surface area (Å²) in [5.41, 5.74) is 3.46. The summed E-state index contributed by atoms with van der Waals surface area (Å²) in [5.74, 6) is 0. The van der Waals surface area contributed by atoms with Gasteiger partial charge in [-0.3, -0.25) is 0 Å². The fraction of sp³-hybridized carbons (Fsp3) is 0.120. The molecule has 0 atom stereocenters. The minimum Gasteiger partial charge on any atom is -0.342 e. The minimum absolute atomic E-state index is 0.222. The van der Waals surface area contributed by atoms with Crippen LogP contribution in [0.4, 0.5) is 13.2 Å². The summed E-state index contributed by atoms with van der Waals surface area (Å²) < 4.78 is 43.9. The standard InChI is InChI=1S/C25H20F3N/c1-18-12-14-20(15-13-18)23-22(25(26,27)28)17-29(16-19-8-4-2-5-9-19)24(23)21-10-6-3-7-11-21/h2-15,17H,16H2,1H3. The lowest BCUT2D eigenvalue weighted by molar-refractivity contribution is -0.137. The molecule has 29 heavy (non-hydrogen) atoms. The van der Waals surface area contributed by atoms with Crippen LogP contribution in [-0.4, -0.2) is 4.57 Å². The van der Waals surface area contributed by atoms with Crippen LogP contribution in [0.2, 0.25) is 0 Å². The van der Waals surface area contributed by atoms with Crippen molar-refractivity contribution in [1.82, 2.24) is 4.57 Å². The molecule has 146 valence electrons. The van der Waals surface area contributed by atoms with Crippen LogP contribution in [-0.2, 0) is 12.7 Å². The van der Waals surface area contributed by atoms with E-state index in [9.17, 15) is 13.2 Å². The highest BCUT2D eigenvalue weighted by Gasteiger charge is 2.37. The van der Waals surface area contributed by atoms with Gasteiger partial charge in [-0.25, -0.2) is 0 Å². The van der Waals surface area contributed by atoms with Crippen LogP contribution in [0, 0.1) is 6.92 Å². The Kier molecular flexibility index (Phi) is 5.01. The molecule has 3 aromatic carbocycles. The summed E-state index contributed by atoms with van der Waals surface area (Å²) in [5, 5.41) is 0. The van der Waals surface area contributed by atoms with Crippen LogP contribution in [0.3, 0.4) is 0 Å². The lowest BCUT2D eigenvalue weighted by Crippen LogP contribution is -2.05. The second-order valence-corrected chi connectivity index (χ2v) is 7.11. The zero-order chi connectivity index (χ0) is 20.4. The summed E-state index contributed by atoms with van der Waals surface area (Å²) in [6.45, 7) is 2.28. The molecule has 0 bridgehead atoms. The minimum atomic E-state index is -4.45. The molecule has 0 fully saturated rings. The zero-order valence-corrected chi connectivity index (χ0v) is 15.9. The van der Waals surface area contributed by atoms with Crippen molar-refractivity contribution in [3.05, 3.63) is 108 Å². The van der Waals surface area contributed by atoms with E-state index >= 15 is 0 Å². The van der Waals surface area contributed by atoms with Gasteiger partial charge >= 0.3 is 6.18 Å². The van der Waals surface area contributed by atoms with Crippen LogP contribution in [0.15, 0.2) is 91.1 Å². The van der Waals surface area contributed by atoms with E-state index in [1.54, 1.807) is 16.7 Å². The van der Waals surface area contributed by atoms with Gasteiger partial charge in [-0.05, 0) is 23.6 Å². The molecule has 4 rings (SSSR count). The third kappa shape index (κ3) is 3.97. The number of aryl methyl sites for hydroxylation is 1. The van der Waals surface area contributed by atoms with Gasteiger partial charge in [0.2, 0.25) is 0 Å². The Bertz CT molecular complexity index is 1090. The van der Waals surface area contributed by atoms with Gasteiger partial charge in [-0.15, -0.1) is 0 Å². The zero-order valence-electron chi connectivity index (χ0n) is 15.9. The van der Waals surface area contributed by atoms with Gasteiger partial charge in [-0.2, -0.15) is 13.2 Å². The molecular weight excluding hydrogens is 371 g/mol. The molecule has 0 aliphatic rings. The average Bonchev–Trinajstić information content (AvgIpc) is 3.09. The summed E-state index contributed by atoms with van der Waals surface area (Å²) in [7, 11) is 0. The largest absolute Gasteiger partial charge is 0.418 e. The van der Waals surface area contributed by atoms with Crippen LogP contribution in [0.25, 0.3) is 22.4 Å². The van der Waals surface area contributed by atoms with E-state index in [0.717, 1.165) is 16.7 Å². The molecule has 0 amide bonds. The first kappa shape index (κ1) is 19.1. The summed E-state index contributed by atoms with van der Waals surface area (Å²) >= 11 is 0. The van der Waals surface area contributed by atoms with Crippen molar-refractivity contribution in [2.24, 2.45) is 0 Å². The number of hydrogen-bond acceptors (Lipinski definition) is 0. The Balaban J connectivity index is 1.99. The predicted octanol–water partition coefficient (Wildman–Crippen LogP) is 7.20. The number of halogens is 3. The van der Waals surface area contributed by atoms with Crippen molar-refractivity contribution in [3.63, 3.8) is 0 Å². The lowest BCUT2D eigenvalue weighted by Gasteiger charge is -2.14. The van der Waals surface area contributed by atoms with E-state index in [1.165, 1.54) is 6.20 Å². The fourth-order valence-electron chi connectivity index (χ4n) is 3.59. The van der Waals surface area contributed by atoms with E-state index < -0.39 is 11.7 Å². The summed E-state index contributed by atoms with van der Waals surface area (Å²) in [6, 6.07) is 26.0. The van der Waals surface area contributed by atoms with Crippen molar-refractivity contribution in [2.75, 3.05) is 0 Å². The van der Waals surface area contributed by atoms with Crippen LogP contribution in [0.5, 0.6) is 0 Å². The van der Waals surface area contributed by atoms with E-state index in [1.807, 2.05) is 79.7 Å². The SMILES string of the molecule is Cc1ccc(-c2c(C(F)(F)F)cn(Cc3ccccc3)c2-c2ccccc2)cc1. The van der Waals surface area contributed by atoms with E-state index in [2.05, 4.69) is 0 Å². The van der Waals surface area contributed by atoms with Gasteiger partial charge in [0.25, 0.3) is 0 Å². The highest BCUT2D eigenvalue weighted by molar-refractivity contribution is 5.85. The highest BCUT2D eigenvalue weighted by atomic mass is 19.4. The molecule has 4 heteroatoms. The number of aromatic nitrogens is 1. The molecule has 0 saturated carbocycles. The van der Waals surface area contributed by atoms with Crippen molar-refractivity contribution in [3.8, 4) is 22.4 Å². The Morgan fingerprint density at radius 2 is 1.31 bits per heavy atom. The monoisotopic (exact) mass is 391 g/mol. The fourth-order valence-corrected chi connectivity index (χ4v) is 3.59. The smallest absolute Gasteiger partial charge is 0.342 e. The van der Waals surface area contributed by atoms with E-state index in [0.29, 0.717) is 17.8 Å². The third-order valence-electron chi connectivity index (χ3n) is 4.97. The molecule has 0 aliphatic heterocycles. The van der Waals surface area contributed by atoms with Crippen molar-refractivity contribution >= 4 is 0 Å². The first-order chi connectivity index (χ1) is 13.9. The lowest BCUT2D eigenvalue weighted by atomic mass is 9.96. The van der Waals surface area contributed by atoms with Gasteiger partial charge in [0.15, 0.2) is 0 Å². The summed E-state index contributed by atoms with van der Waals surface area (Å²) in [4.78, 5) is 0. The Hall–Kier alpha value is -3.27. The first-order valence-corrected chi connectivity index (χ1v) is 9.40. The Morgan fingerprint density at radius 3 is 1.90 bits per heavy atom. The highest BCUT2D eigenvalue weighted by Crippen LogP contribution is 2.44. The van der Waals surface area contributed by atoms with Gasteiger partial charge < -0.3 is 4.57 Å². The maximum absolute atomic E-state index is 14.0. The van der Waals surface area contributed by atoms with Crippen LogP contribution in [0.1, 0.15) is 16.7 Å². The average molecular weight is 391 g/mol. The quantitative estimate of drug-likeness (QED) is 0.347. The predicted molar refractivity (Wildman–Crippen MR) is 111 cm³/mol. The Labute approximate surface area is 168 Å². The van der Waals surface area contributed by atoms with Gasteiger partial charge in [-0.1, -0.05) is 90.5 Å². The number of benzene rings is 3. The molecule has 0 saturated heterocycles. The van der Waals surface area contributed by atoms with Crippen molar-refractivity contribution in [1.29, 1.82) is 0 Å².